The lowest BCUT2D eigenvalue weighted by molar-refractivity contribution is 0.966. The number of aromatic nitrogens is 4. The maximum absolute atomic E-state index is 9.17. The molecule has 0 amide bonds. The minimum Gasteiger partial charge on any atom is -0.285 e. The molecule has 0 atom stereocenters. The van der Waals surface area contributed by atoms with E-state index in [1.807, 2.05) is 24.4 Å². The second-order valence-corrected chi connectivity index (χ2v) is 3.35. The van der Waals surface area contributed by atoms with Gasteiger partial charge in [0.15, 0.2) is 0 Å². The highest BCUT2D eigenvalue weighted by Gasteiger charge is 2.13. The molecule has 3 rings (SSSR count). The van der Waals surface area contributed by atoms with Crippen LogP contribution >= 0.6 is 0 Å². The summed E-state index contributed by atoms with van der Waals surface area (Å²) >= 11 is 0. The molecule has 0 saturated heterocycles. The van der Waals surface area contributed by atoms with Gasteiger partial charge in [0.25, 0.3) is 0 Å². The number of fused-ring (bicyclic) bond motifs is 1. The predicted octanol–water partition coefficient (Wildman–Crippen LogP) is 1.60. The fourth-order valence-corrected chi connectivity index (χ4v) is 1.69. The molecule has 0 radical (unpaired) electrons. The number of nitriles is 1. The van der Waals surface area contributed by atoms with Crippen molar-refractivity contribution in [3.63, 3.8) is 0 Å². The molecule has 0 fully saturated rings. The van der Waals surface area contributed by atoms with Crippen LogP contribution in [0.3, 0.4) is 0 Å². The largest absolute Gasteiger partial charge is 0.285 e. The van der Waals surface area contributed by atoms with Gasteiger partial charge in [-0.25, -0.2) is 4.52 Å². The Balaban J connectivity index is 2.38. The van der Waals surface area contributed by atoms with Crippen molar-refractivity contribution in [1.82, 2.24) is 19.8 Å². The zero-order valence-corrected chi connectivity index (χ0v) is 8.25. The molecule has 16 heavy (non-hydrogen) atoms. The fourth-order valence-electron chi connectivity index (χ4n) is 1.69. The zero-order valence-electron chi connectivity index (χ0n) is 8.25. The predicted molar refractivity (Wildman–Crippen MR) is 57.5 cm³/mol. The lowest BCUT2D eigenvalue weighted by Gasteiger charge is -1.88. The van der Waals surface area contributed by atoms with Crippen molar-refractivity contribution in [2.75, 3.05) is 0 Å². The molecule has 0 aromatic carbocycles. The lowest BCUT2D eigenvalue weighted by Crippen LogP contribution is -1.83. The van der Waals surface area contributed by atoms with E-state index in [9.17, 15) is 5.26 Å². The summed E-state index contributed by atoms with van der Waals surface area (Å²) in [7, 11) is 0. The number of rotatable bonds is 1. The topological polar surface area (TPSA) is 69.8 Å². The number of hydrogen-bond acceptors (Lipinski definition) is 3. The van der Waals surface area contributed by atoms with Gasteiger partial charge in [0.05, 0.1) is 11.7 Å². The molecule has 0 aliphatic heterocycles. The molecule has 3 aromatic heterocycles. The first-order chi connectivity index (χ1) is 7.90. The first kappa shape index (κ1) is 8.68. The molecule has 5 heteroatoms. The van der Waals surface area contributed by atoms with Crippen molar-refractivity contribution in [1.29, 1.82) is 5.26 Å². The summed E-state index contributed by atoms with van der Waals surface area (Å²) in [6.45, 7) is 0. The highest BCUT2D eigenvalue weighted by Crippen LogP contribution is 2.24. The second kappa shape index (κ2) is 3.21. The third kappa shape index (κ3) is 1.10. The van der Waals surface area contributed by atoms with E-state index < -0.39 is 0 Å². The molecule has 0 aliphatic carbocycles. The highest BCUT2D eigenvalue weighted by molar-refractivity contribution is 5.76. The van der Waals surface area contributed by atoms with E-state index in [0.717, 1.165) is 11.1 Å². The summed E-state index contributed by atoms with van der Waals surface area (Å²) in [4.78, 5) is 0. The van der Waals surface area contributed by atoms with Crippen LogP contribution in [0.15, 0.2) is 36.8 Å². The molecule has 3 aromatic rings. The lowest BCUT2D eigenvalue weighted by atomic mass is 10.1. The molecular weight excluding hydrogens is 202 g/mol. The third-order valence-corrected chi connectivity index (χ3v) is 2.42. The molecule has 76 valence electrons. The number of nitrogens with zero attached hydrogens (tertiary/aromatic N) is 4. The summed E-state index contributed by atoms with van der Waals surface area (Å²) in [6, 6.07) is 7.81. The summed E-state index contributed by atoms with van der Waals surface area (Å²) in [5, 5.41) is 20.1. The van der Waals surface area contributed by atoms with Crippen molar-refractivity contribution < 1.29 is 0 Å². The van der Waals surface area contributed by atoms with Crippen LogP contribution in [-0.4, -0.2) is 19.8 Å². The first-order valence-electron chi connectivity index (χ1n) is 4.77. The van der Waals surface area contributed by atoms with E-state index in [4.69, 9.17) is 0 Å². The Bertz CT molecular complexity index is 672. The van der Waals surface area contributed by atoms with E-state index in [0.29, 0.717) is 11.3 Å². The maximum atomic E-state index is 9.17. The van der Waals surface area contributed by atoms with Gasteiger partial charge in [0, 0.05) is 18.0 Å². The Labute approximate surface area is 90.9 Å². The molecule has 5 nitrogen and oxygen atoms in total. The molecule has 1 N–H and O–H groups in total. The molecule has 0 aliphatic rings. The summed E-state index contributed by atoms with van der Waals surface area (Å²) in [5.41, 5.74) is 2.85. The monoisotopic (exact) mass is 209 g/mol. The molecular formula is C11H7N5. The van der Waals surface area contributed by atoms with Crippen LogP contribution < -0.4 is 0 Å². The quantitative estimate of drug-likeness (QED) is 0.661. The third-order valence-electron chi connectivity index (χ3n) is 2.42. The molecule has 0 spiro atoms. The average molecular weight is 209 g/mol. The summed E-state index contributed by atoms with van der Waals surface area (Å²) in [6.07, 6.45) is 5.20. The molecule has 0 saturated carbocycles. The Morgan fingerprint density at radius 2 is 2.31 bits per heavy atom. The van der Waals surface area contributed by atoms with E-state index >= 15 is 0 Å². The maximum Gasteiger partial charge on any atom is 0.114 e. The van der Waals surface area contributed by atoms with Crippen molar-refractivity contribution in [2.45, 2.75) is 0 Å². The second-order valence-electron chi connectivity index (χ2n) is 3.35. The van der Waals surface area contributed by atoms with Crippen LogP contribution in [-0.2, 0) is 0 Å². The summed E-state index contributed by atoms with van der Waals surface area (Å²) < 4.78 is 1.70. The van der Waals surface area contributed by atoms with Gasteiger partial charge in [0.2, 0.25) is 0 Å². The Kier molecular flexibility index (Phi) is 1.74. The summed E-state index contributed by atoms with van der Waals surface area (Å²) in [5.74, 6) is 0. The number of H-pyrrole nitrogens is 1. The van der Waals surface area contributed by atoms with E-state index in [2.05, 4.69) is 21.4 Å². The number of nitrogens with one attached hydrogen (secondary N) is 1. The fraction of sp³-hybridized carbons (Fsp3) is 0. The smallest absolute Gasteiger partial charge is 0.114 e. The van der Waals surface area contributed by atoms with Crippen molar-refractivity contribution in [3.05, 3.63) is 42.4 Å². The zero-order chi connectivity index (χ0) is 11.0. The SMILES string of the molecule is N#Cc1c(-c2cn[nH]c2)nn2ccccc12. The van der Waals surface area contributed by atoms with Crippen LogP contribution in [0.25, 0.3) is 16.8 Å². The highest BCUT2D eigenvalue weighted by atomic mass is 15.2. The minimum atomic E-state index is 0.571. The van der Waals surface area contributed by atoms with E-state index in [-0.39, 0.29) is 0 Å². The minimum absolute atomic E-state index is 0.571. The van der Waals surface area contributed by atoms with Crippen LogP contribution in [0.1, 0.15) is 5.56 Å². The number of hydrogen-bond donors (Lipinski definition) is 1. The van der Waals surface area contributed by atoms with Crippen LogP contribution in [0, 0.1) is 11.3 Å². The van der Waals surface area contributed by atoms with Crippen LogP contribution in [0.2, 0.25) is 0 Å². The normalized spacial score (nSPS) is 10.4. The van der Waals surface area contributed by atoms with Gasteiger partial charge in [0.1, 0.15) is 17.3 Å². The van der Waals surface area contributed by atoms with Gasteiger partial charge >= 0.3 is 0 Å². The molecule has 0 bridgehead atoms. The molecule has 3 heterocycles. The first-order valence-corrected chi connectivity index (χ1v) is 4.77. The van der Waals surface area contributed by atoms with Crippen molar-refractivity contribution in [2.24, 2.45) is 0 Å². The molecule has 0 unspecified atom stereocenters. The standard InChI is InChI=1S/C11H7N5/c12-5-9-10-3-1-2-4-16(10)15-11(9)8-6-13-14-7-8/h1-4,6-7H,(H,13,14). The van der Waals surface area contributed by atoms with E-state index in [1.165, 1.54) is 0 Å². The van der Waals surface area contributed by atoms with Gasteiger partial charge in [-0.3, -0.25) is 5.10 Å². The Morgan fingerprint density at radius 3 is 3.06 bits per heavy atom. The van der Waals surface area contributed by atoms with Crippen LogP contribution in [0.4, 0.5) is 0 Å². The Morgan fingerprint density at radius 1 is 1.38 bits per heavy atom. The van der Waals surface area contributed by atoms with Crippen LogP contribution in [0.5, 0.6) is 0 Å². The van der Waals surface area contributed by atoms with E-state index in [1.54, 1.807) is 16.9 Å². The van der Waals surface area contributed by atoms with Crippen molar-refractivity contribution >= 4 is 5.52 Å². The number of aromatic amines is 1. The average Bonchev–Trinajstić information content (AvgIpc) is 2.95. The van der Waals surface area contributed by atoms with Gasteiger partial charge in [-0.2, -0.15) is 15.5 Å². The van der Waals surface area contributed by atoms with Crippen molar-refractivity contribution in [3.8, 4) is 17.3 Å². The Hall–Kier alpha value is -2.61. The van der Waals surface area contributed by atoms with Gasteiger partial charge in [-0.1, -0.05) is 6.07 Å². The van der Waals surface area contributed by atoms with Gasteiger partial charge in [-0.05, 0) is 12.1 Å². The van der Waals surface area contributed by atoms with Gasteiger partial charge in [-0.15, -0.1) is 0 Å². The van der Waals surface area contributed by atoms with Gasteiger partial charge < -0.3 is 0 Å². The number of pyridine rings is 1.